The first kappa shape index (κ1) is 16.6. The van der Waals surface area contributed by atoms with E-state index in [9.17, 15) is 13.6 Å². The lowest BCUT2D eigenvalue weighted by molar-refractivity contribution is -0.135. The van der Waals surface area contributed by atoms with Crippen LogP contribution >= 0.6 is 0 Å². The summed E-state index contributed by atoms with van der Waals surface area (Å²) in [5.74, 6) is -1.61. The molecule has 24 heavy (non-hydrogen) atoms. The minimum absolute atomic E-state index is 0.159. The molecule has 0 aliphatic carbocycles. The number of nitrogens with zero attached hydrogens (tertiary/aromatic N) is 1. The summed E-state index contributed by atoms with van der Waals surface area (Å²) < 4.78 is 32.5. The van der Waals surface area contributed by atoms with Crippen molar-refractivity contribution < 1.29 is 18.3 Å². The van der Waals surface area contributed by atoms with Gasteiger partial charge in [0.15, 0.2) is 11.6 Å². The van der Waals surface area contributed by atoms with Crippen LogP contribution in [0.5, 0.6) is 0 Å². The van der Waals surface area contributed by atoms with Crippen molar-refractivity contribution in [1.29, 1.82) is 0 Å². The topological polar surface area (TPSA) is 67.0 Å². The van der Waals surface area contributed by atoms with E-state index in [1.165, 1.54) is 12.1 Å². The Bertz CT molecular complexity index is 691. The van der Waals surface area contributed by atoms with Gasteiger partial charge in [-0.05, 0) is 30.9 Å². The molecule has 2 atom stereocenters. The van der Waals surface area contributed by atoms with E-state index in [0.29, 0.717) is 18.9 Å². The number of carbonyl (C=O) groups is 1. The molecule has 0 bridgehead atoms. The summed E-state index contributed by atoms with van der Waals surface area (Å²) in [5.41, 5.74) is 0.248. The number of imidazole rings is 1. The molecule has 1 aromatic carbocycles. The SMILES string of the molecule is O=C(NCCc1cccc(F)c1F)[C@@H]1CCCO[C@H]1c1ncc[nH]1. The summed E-state index contributed by atoms with van der Waals surface area (Å²) in [7, 11) is 0. The number of hydrogen-bond donors (Lipinski definition) is 2. The molecule has 2 heterocycles. The van der Waals surface area contributed by atoms with Gasteiger partial charge in [-0.25, -0.2) is 13.8 Å². The maximum absolute atomic E-state index is 13.6. The van der Waals surface area contributed by atoms with Crippen molar-refractivity contribution in [2.24, 2.45) is 5.92 Å². The van der Waals surface area contributed by atoms with Crippen molar-refractivity contribution in [1.82, 2.24) is 15.3 Å². The molecule has 128 valence electrons. The predicted octanol–water partition coefficient (Wildman–Crippen LogP) is 2.51. The van der Waals surface area contributed by atoms with Gasteiger partial charge in [0.25, 0.3) is 0 Å². The van der Waals surface area contributed by atoms with Crippen molar-refractivity contribution in [3.63, 3.8) is 0 Å². The number of halogens is 2. The first-order valence-corrected chi connectivity index (χ1v) is 7.98. The molecule has 0 unspecified atom stereocenters. The summed E-state index contributed by atoms with van der Waals surface area (Å²) in [4.78, 5) is 19.6. The highest BCUT2D eigenvalue weighted by atomic mass is 19.2. The third kappa shape index (κ3) is 3.62. The Kier molecular flexibility index (Phi) is 5.20. The zero-order valence-corrected chi connectivity index (χ0v) is 13.1. The van der Waals surface area contributed by atoms with Gasteiger partial charge >= 0.3 is 0 Å². The molecular weight excluding hydrogens is 316 g/mol. The first-order valence-electron chi connectivity index (χ1n) is 7.98. The molecule has 1 fully saturated rings. The van der Waals surface area contributed by atoms with Crippen molar-refractivity contribution in [3.05, 3.63) is 53.6 Å². The van der Waals surface area contributed by atoms with E-state index in [4.69, 9.17) is 4.74 Å². The van der Waals surface area contributed by atoms with Crippen molar-refractivity contribution in [3.8, 4) is 0 Å². The van der Waals surface area contributed by atoms with Crippen LogP contribution in [0.15, 0.2) is 30.6 Å². The number of nitrogens with one attached hydrogen (secondary N) is 2. The van der Waals surface area contributed by atoms with Crippen LogP contribution in [-0.4, -0.2) is 29.0 Å². The zero-order chi connectivity index (χ0) is 16.9. The van der Waals surface area contributed by atoms with Gasteiger partial charge in [-0.1, -0.05) is 12.1 Å². The number of ether oxygens (including phenoxy) is 1. The fourth-order valence-corrected chi connectivity index (χ4v) is 2.95. The quantitative estimate of drug-likeness (QED) is 0.882. The second-order valence-electron chi connectivity index (χ2n) is 5.77. The summed E-state index contributed by atoms with van der Waals surface area (Å²) in [6, 6.07) is 4.04. The van der Waals surface area contributed by atoms with Gasteiger partial charge in [0.1, 0.15) is 11.9 Å². The molecule has 2 aromatic rings. The van der Waals surface area contributed by atoms with Gasteiger partial charge in [0.2, 0.25) is 5.91 Å². The number of hydrogen-bond acceptors (Lipinski definition) is 3. The maximum atomic E-state index is 13.6. The van der Waals surface area contributed by atoms with Gasteiger partial charge in [0.05, 0.1) is 5.92 Å². The van der Waals surface area contributed by atoms with E-state index in [2.05, 4.69) is 15.3 Å². The van der Waals surface area contributed by atoms with Crippen LogP contribution in [0.4, 0.5) is 8.78 Å². The zero-order valence-electron chi connectivity index (χ0n) is 13.1. The van der Waals surface area contributed by atoms with Crippen LogP contribution < -0.4 is 5.32 Å². The number of carbonyl (C=O) groups excluding carboxylic acids is 1. The van der Waals surface area contributed by atoms with Crippen LogP contribution in [0, 0.1) is 17.6 Å². The van der Waals surface area contributed by atoms with Crippen LogP contribution in [-0.2, 0) is 16.0 Å². The largest absolute Gasteiger partial charge is 0.369 e. The fraction of sp³-hybridized carbons (Fsp3) is 0.412. The minimum atomic E-state index is -0.877. The number of aromatic nitrogens is 2. The monoisotopic (exact) mass is 335 g/mol. The standard InChI is InChI=1S/C17H19F2N3O2/c18-13-5-1-3-11(14(13)19)6-7-22-17(23)12-4-2-10-24-15(12)16-20-8-9-21-16/h1,3,5,8-9,12,15H,2,4,6-7,10H2,(H,20,21)(H,22,23)/t12-,15-/m1/s1. The van der Waals surface area contributed by atoms with E-state index >= 15 is 0 Å². The highest BCUT2D eigenvalue weighted by Gasteiger charge is 2.34. The Balaban J connectivity index is 1.58. The van der Waals surface area contributed by atoms with E-state index in [-0.39, 0.29) is 30.4 Å². The van der Waals surface area contributed by atoms with Crippen LogP contribution in [0.25, 0.3) is 0 Å². The number of rotatable bonds is 5. The van der Waals surface area contributed by atoms with Crippen LogP contribution in [0.2, 0.25) is 0 Å². The van der Waals surface area contributed by atoms with Gasteiger partial charge in [-0.2, -0.15) is 0 Å². The van der Waals surface area contributed by atoms with Gasteiger partial charge in [-0.3, -0.25) is 4.79 Å². The number of aromatic amines is 1. The smallest absolute Gasteiger partial charge is 0.226 e. The molecule has 1 aliphatic heterocycles. The molecule has 5 nitrogen and oxygen atoms in total. The molecular formula is C17H19F2N3O2. The molecule has 1 amide bonds. The summed E-state index contributed by atoms with van der Waals surface area (Å²) >= 11 is 0. The van der Waals surface area contributed by atoms with Crippen LogP contribution in [0.3, 0.4) is 0 Å². The fourth-order valence-electron chi connectivity index (χ4n) is 2.95. The molecule has 3 rings (SSSR count). The normalized spacial score (nSPS) is 20.8. The Morgan fingerprint density at radius 2 is 2.29 bits per heavy atom. The lowest BCUT2D eigenvalue weighted by Crippen LogP contribution is -2.38. The molecule has 1 aliphatic rings. The highest BCUT2D eigenvalue weighted by Crippen LogP contribution is 2.31. The van der Waals surface area contributed by atoms with Crippen molar-refractivity contribution in [2.45, 2.75) is 25.4 Å². The van der Waals surface area contributed by atoms with E-state index < -0.39 is 17.7 Å². The number of amides is 1. The molecule has 0 saturated carbocycles. The molecule has 1 saturated heterocycles. The highest BCUT2D eigenvalue weighted by molar-refractivity contribution is 5.79. The Morgan fingerprint density at radius 3 is 3.08 bits per heavy atom. The van der Waals surface area contributed by atoms with Gasteiger partial charge in [-0.15, -0.1) is 0 Å². The molecule has 2 N–H and O–H groups in total. The van der Waals surface area contributed by atoms with Crippen molar-refractivity contribution >= 4 is 5.91 Å². The maximum Gasteiger partial charge on any atom is 0.226 e. The second kappa shape index (κ2) is 7.53. The molecule has 0 spiro atoms. The second-order valence-corrected chi connectivity index (χ2v) is 5.77. The molecule has 1 aromatic heterocycles. The lowest BCUT2D eigenvalue weighted by atomic mass is 9.92. The van der Waals surface area contributed by atoms with E-state index in [0.717, 1.165) is 12.5 Å². The average Bonchev–Trinajstić information content (AvgIpc) is 3.13. The van der Waals surface area contributed by atoms with Gasteiger partial charge in [0, 0.05) is 25.5 Å². The lowest BCUT2D eigenvalue weighted by Gasteiger charge is -2.29. The molecule has 7 heteroatoms. The molecule has 0 radical (unpaired) electrons. The Labute approximate surface area is 138 Å². The summed E-state index contributed by atoms with van der Waals surface area (Å²) in [6.07, 6.45) is 4.64. The summed E-state index contributed by atoms with van der Waals surface area (Å²) in [5, 5.41) is 2.79. The van der Waals surface area contributed by atoms with E-state index in [1.807, 2.05) is 0 Å². The predicted molar refractivity (Wildman–Crippen MR) is 83.1 cm³/mol. The third-order valence-electron chi connectivity index (χ3n) is 4.17. The summed E-state index contributed by atoms with van der Waals surface area (Å²) in [6.45, 7) is 0.824. The Morgan fingerprint density at radius 1 is 1.42 bits per heavy atom. The van der Waals surface area contributed by atoms with Crippen molar-refractivity contribution in [2.75, 3.05) is 13.2 Å². The van der Waals surface area contributed by atoms with E-state index in [1.54, 1.807) is 12.4 Å². The van der Waals surface area contributed by atoms with Crippen LogP contribution in [0.1, 0.15) is 30.3 Å². The average molecular weight is 335 g/mol. The van der Waals surface area contributed by atoms with Gasteiger partial charge < -0.3 is 15.0 Å². The number of benzene rings is 1. The minimum Gasteiger partial charge on any atom is -0.369 e. The number of H-pyrrole nitrogens is 1. The Hall–Kier alpha value is -2.28. The third-order valence-corrected chi connectivity index (χ3v) is 4.17. The first-order chi connectivity index (χ1) is 11.7.